The Morgan fingerprint density at radius 1 is 1.38 bits per heavy atom. The molecule has 0 heterocycles. The molecule has 90 valence electrons. The Bertz CT molecular complexity index is 314. The van der Waals surface area contributed by atoms with Gasteiger partial charge < -0.3 is 5.32 Å². The molecule has 0 unspecified atom stereocenters. The minimum Gasteiger partial charge on any atom is -0.373 e. The molecule has 0 aliphatic carbocycles. The highest BCUT2D eigenvalue weighted by molar-refractivity contribution is 5.39. The molecule has 0 atom stereocenters. The Morgan fingerprint density at radius 3 is 2.19 bits per heavy atom. The van der Waals surface area contributed by atoms with Gasteiger partial charge in [-0.05, 0) is 24.1 Å². The summed E-state index contributed by atoms with van der Waals surface area (Å²) in [7, 11) is 1.86. The quantitative estimate of drug-likeness (QED) is 0.554. The summed E-state index contributed by atoms with van der Waals surface area (Å²) in [5, 5.41) is 3.08. The van der Waals surface area contributed by atoms with E-state index in [4.69, 9.17) is 0 Å². The third-order valence-corrected chi connectivity index (χ3v) is 2.46. The van der Waals surface area contributed by atoms with Crippen molar-refractivity contribution in [3.05, 3.63) is 35.7 Å². The number of rotatable bonds is 5. The molecule has 0 bridgehead atoms. The summed E-state index contributed by atoms with van der Waals surface area (Å²) in [6.45, 7) is 16.0. The first-order valence-electron chi connectivity index (χ1n) is 5.62. The maximum atomic E-state index is 4.03. The van der Waals surface area contributed by atoms with E-state index in [1.54, 1.807) is 0 Å². The lowest BCUT2D eigenvalue weighted by Gasteiger charge is -2.23. The van der Waals surface area contributed by atoms with Crippen LogP contribution in [0.3, 0.4) is 0 Å². The first kappa shape index (κ1) is 14.7. The fourth-order valence-electron chi connectivity index (χ4n) is 1.43. The molecule has 2 heteroatoms. The second kappa shape index (κ2) is 6.31. The zero-order valence-electron chi connectivity index (χ0n) is 11.2. The van der Waals surface area contributed by atoms with Gasteiger partial charge in [-0.15, -0.1) is 0 Å². The van der Waals surface area contributed by atoms with Crippen LogP contribution in [0.4, 0.5) is 0 Å². The third-order valence-electron chi connectivity index (χ3n) is 2.46. The second-order valence-corrected chi connectivity index (χ2v) is 4.70. The average molecular weight is 220 g/mol. The van der Waals surface area contributed by atoms with E-state index >= 15 is 0 Å². The van der Waals surface area contributed by atoms with Crippen LogP contribution in [0.25, 0.3) is 0 Å². The normalized spacial score (nSPS) is 14.2. The van der Waals surface area contributed by atoms with Crippen molar-refractivity contribution in [2.45, 2.75) is 34.1 Å². The molecule has 0 fully saturated rings. The lowest BCUT2D eigenvalue weighted by molar-refractivity contribution is 0.506. The Morgan fingerprint density at radius 2 is 1.94 bits per heavy atom. The van der Waals surface area contributed by atoms with Crippen molar-refractivity contribution in [3.8, 4) is 0 Å². The highest BCUT2D eigenvalue weighted by Crippen LogP contribution is 2.30. The van der Waals surface area contributed by atoms with Crippen LogP contribution in [-0.2, 0) is 0 Å². The van der Waals surface area contributed by atoms with Gasteiger partial charge >= 0.3 is 0 Å². The maximum absolute atomic E-state index is 4.03. The molecule has 0 aromatic rings. The van der Waals surface area contributed by atoms with Gasteiger partial charge in [0.1, 0.15) is 5.82 Å². The maximum Gasteiger partial charge on any atom is 0.128 e. The number of aliphatic imine (C=N–C) groups is 1. The predicted molar refractivity (Wildman–Crippen MR) is 73.7 cm³/mol. The zero-order chi connectivity index (χ0) is 12.8. The van der Waals surface area contributed by atoms with E-state index in [9.17, 15) is 0 Å². The standard InChI is InChI=1S/C14H24N2/c1-8-11(9-2)10-12(14(3,4)5)13(15-6)16-7/h8,10,16H,1,6,9H2,2-5,7H3/b11-10-,13-12-. The van der Waals surface area contributed by atoms with Gasteiger partial charge in [0, 0.05) is 12.6 Å². The van der Waals surface area contributed by atoms with Crippen molar-refractivity contribution in [1.29, 1.82) is 0 Å². The van der Waals surface area contributed by atoms with E-state index in [2.05, 4.69) is 57.4 Å². The minimum absolute atomic E-state index is 0.0307. The first-order valence-corrected chi connectivity index (χ1v) is 5.62. The Kier molecular flexibility index (Phi) is 5.79. The van der Waals surface area contributed by atoms with Gasteiger partial charge in [0.05, 0.1) is 0 Å². The Hall–Kier alpha value is -1.31. The molecular weight excluding hydrogens is 196 g/mol. The van der Waals surface area contributed by atoms with E-state index in [1.807, 2.05) is 13.1 Å². The molecule has 0 amide bonds. The van der Waals surface area contributed by atoms with Crippen LogP contribution in [0.15, 0.2) is 40.7 Å². The van der Waals surface area contributed by atoms with Gasteiger partial charge in [0.15, 0.2) is 0 Å². The smallest absolute Gasteiger partial charge is 0.128 e. The summed E-state index contributed by atoms with van der Waals surface area (Å²) < 4.78 is 0. The van der Waals surface area contributed by atoms with Gasteiger partial charge in [-0.3, -0.25) is 0 Å². The topological polar surface area (TPSA) is 24.4 Å². The highest BCUT2D eigenvalue weighted by Gasteiger charge is 2.19. The summed E-state index contributed by atoms with van der Waals surface area (Å²) in [6, 6.07) is 0. The van der Waals surface area contributed by atoms with E-state index < -0.39 is 0 Å². The van der Waals surface area contributed by atoms with Gasteiger partial charge in [0.25, 0.3) is 0 Å². The lowest BCUT2D eigenvalue weighted by atomic mass is 9.84. The van der Waals surface area contributed by atoms with Crippen LogP contribution >= 0.6 is 0 Å². The van der Waals surface area contributed by atoms with Crippen molar-refractivity contribution in [3.63, 3.8) is 0 Å². The Balaban J connectivity index is 5.61. The van der Waals surface area contributed by atoms with Crippen LogP contribution in [0.1, 0.15) is 34.1 Å². The molecule has 0 rings (SSSR count). The van der Waals surface area contributed by atoms with Gasteiger partial charge in [0.2, 0.25) is 0 Å². The van der Waals surface area contributed by atoms with Crippen molar-refractivity contribution in [2.75, 3.05) is 7.05 Å². The predicted octanol–water partition coefficient (Wildman–Crippen LogP) is 3.69. The number of nitrogens with one attached hydrogen (secondary N) is 1. The molecule has 0 spiro atoms. The number of hydrogen-bond acceptors (Lipinski definition) is 2. The molecule has 2 nitrogen and oxygen atoms in total. The van der Waals surface area contributed by atoms with Crippen molar-refractivity contribution in [2.24, 2.45) is 10.4 Å². The summed E-state index contributed by atoms with van der Waals surface area (Å²) in [5.41, 5.74) is 2.39. The summed E-state index contributed by atoms with van der Waals surface area (Å²) >= 11 is 0. The first-order chi connectivity index (χ1) is 7.40. The summed E-state index contributed by atoms with van der Waals surface area (Å²) in [4.78, 5) is 4.03. The molecule has 0 aromatic heterocycles. The van der Waals surface area contributed by atoms with Crippen LogP contribution in [-0.4, -0.2) is 13.8 Å². The molecule has 0 aliphatic heterocycles. The lowest BCUT2D eigenvalue weighted by Crippen LogP contribution is -2.16. The highest BCUT2D eigenvalue weighted by atomic mass is 15.0. The van der Waals surface area contributed by atoms with Crippen LogP contribution in [0.5, 0.6) is 0 Å². The molecule has 16 heavy (non-hydrogen) atoms. The van der Waals surface area contributed by atoms with Gasteiger partial charge in [-0.1, -0.05) is 46.4 Å². The molecule has 0 aliphatic rings. The van der Waals surface area contributed by atoms with Crippen molar-refractivity contribution < 1.29 is 0 Å². The molecule has 0 radical (unpaired) electrons. The fourth-order valence-corrected chi connectivity index (χ4v) is 1.43. The van der Waals surface area contributed by atoms with E-state index in [0.29, 0.717) is 0 Å². The van der Waals surface area contributed by atoms with E-state index in [0.717, 1.165) is 17.8 Å². The third kappa shape index (κ3) is 4.05. The summed E-state index contributed by atoms with van der Waals surface area (Å²) in [6.07, 6.45) is 5.01. The minimum atomic E-state index is 0.0307. The fraction of sp³-hybridized carbons (Fsp3) is 0.500. The van der Waals surface area contributed by atoms with E-state index in [1.165, 1.54) is 5.57 Å². The average Bonchev–Trinajstić information content (AvgIpc) is 2.23. The van der Waals surface area contributed by atoms with Crippen LogP contribution in [0, 0.1) is 5.41 Å². The largest absolute Gasteiger partial charge is 0.373 e. The number of nitrogens with zero attached hydrogens (tertiary/aromatic N) is 1. The second-order valence-electron chi connectivity index (χ2n) is 4.70. The SMILES string of the molecule is C=C/C(=C/C(=C(\N=C)NC)C(C)(C)C)CC. The van der Waals surface area contributed by atoms with Gasteiger partial charge in [-0.2, -0.15) is 0 Å². The molecule has 1 N–H and O–H groups in total. The van der Waals surface area contributed by atoms with E-state index in [-0.39, 0.29) is 5.41 Å². The molecule has 0 aromatic carbocycles. The van der Waals surface area contributed by atoms with Crippen LogP contribution < -0.4 is 5.32 Å². The summed E-state index contributed by atoms with van der Waals surface area (Å²) in [5.74, 6) is 0.834. The monoisotopic (exact) mass is 220 g/mol. The zero-order valence-corrected chi connectivity index (χ0v) is 11.2. The Labute approximate surface area is 99.9 Å². The van der Waals surface area contributed by atoms with Crippen molar-refractivity contribution in [1.82, 2.24) is 5.32 Å². The number of hydrogen-bond donors (Lipinski definition) is 1. The molecule has 0 saturated carbocycles. The number of allylic oxidation sites excluding steroid dienone is 4. The van der Waals surface area contributed by atoms with Gasteiger partial charge in [-0.25, -0.2) is 4.99 Å². The molecular formula is C14H24N2. The van der Waals surface area contributed by atoms with Crippen LogP contribution in [0.2, 0.25) is 0 Å². The van der Waals surface area contributed by atoms with Crippen molar-refractivity contribution >= 4 is 6.72 Å². The molecule has 0 saturated heterocycles.